The summed E-state index contributed by atoms with van der Waals surface area (Å²) in [6.07, 6.45) is 48.7. The van der Waals surface area contributed by atoms with Crippen molar-refractivity contribution in [3.8, 4) is 0 Å². The maximum Gasteiger partial charge on any atom is 0.0782 e. The minimum Gasteiger partial charge on any atom is -1.00 e. The molecule has 0 aliphatic carbocycles. The van der Waals surface area contributed by atoms with Crippen molar-refractivity contribution in [2.45, 2.75) is 226 Å². The Morgan fingerprint density at radius 3 is 0.651 bits per heavy atom. The normalized spacial score (nSPS) is 11.2. The van der Waals surface area contributed by atoms with E-state index in [-0.39, 0.29) is 17.0 Å². The summed E-state index contributed by atoms with van der Waals surface area (Å²) >= 11 is 0. The van der Waals surface area contributed by atoms with E-state index in [1.54, 1.807) is 6.08 Å². The third kappa shape index (κ3) is 46.7. The number of halogens is 1. The largest absolute Gasteiger partial charge is 1.00 e. The fraction of sp³-hybridized carbons (Fsp3) is 0.951. The third-order valence-electron chi connectivity index (χ3n) is 9.23. The molecule has 0 bridgehead atoms. The monoisotopic (exact) mass is 672 g/mol. The highest BCUT2D eigenvalue weighted by Gasteiger charge is 2.13. The molecule has 0 fully saturated rings. The van der Waals surface area contributed by atoms with Crippen LogP contribution in [-0.4, -0.2) is 31.7 Å². The minimum absolute atomic E-state index is 0. The summed E-state index contributed by atoms with van der Waals surface area (Å²) in [6.45, 7) is 12.6. The Morgan fingerprint density at radius 2 is 0.488 bits per heavy atom. The van der Waals surface area contributed by atoms with Crippen LogP contribution in [0.3, 0.4) is 0 Å². The van der Waals surface area contributed by atoms with Crippen molar-refractivity contribution in [3.63, 3.8) is 0 Å². The number of quaternary nitrogens is 1. The van der Waals surface area contributed by atoms with E-state index < -0.39 is 0 Å². The van der Waals surface area contributed by atoms with Crippen molar-refractivity contribution in [2.24, 2.45) is 0 Å². The first-order valence-corrected chi connectivity index (χ1v) is 19.9. The Labute approximate surface area is 286 Å². The molecule has 0 radical (unpaired) electrons. The molecule has 1 nitrogen and oxygen atoms in total. The molecular formula is C41H86BrN. The van der Waals surface area contributed by atoms with Crippen LogP contribution < -0.4 is 17.0 Å². The molecule has 0 atom stereocenters. The second-order valence-electron chi connectivity index (χ2n) is 14.4. The molecule has 0 saturated heterocycles. The highest BCUT2D eigenvalue weighted by molar-refractivity contribution is 4.53. The molecule has 0 heterocycles. The molecular weight excluding hydrogens is 586 g/mol. The predicted molar refractivity (Wildman–Crippen MR) is 197 cm³/mol. The lowest BCUT2D eigenvalue weighted by molar-refractivity contribution is -0.890. The van der Waals surface area contributed by atoms with Gasteiger partial charge in [0.05, 0.1) is 27.2 Å². The molecule has 0 spiro atoms. The number of unbranched alkanes of at least 4 members (excludes halogenated alkanes) is 30. The van der Waals surface area contributed by atoms with Gasteiger partial charge in [-0.05, 0) is 32.6 Å². The van der Waals surface area contributed by atoms with Crippen LogP contribution in [0.15, 0.2) is 12.7 Å². The Balaban J connectivity index is -0.00000382. The quantitative estimate of drug-likeness (QED) is 0.0363. The number of hydrogen-bond acceptors (Lipinski definition) is 0. The lowest BCUT2D eigenvalue weighted by Crippen LogP contribution is -3.00. The van der Waals surface area contributed by atoms with Crippen LogP contribution in [0.1, 0.15) is 226 Å². The zero-order valence-electron chi connectivity index (χ0n) is 31.2. The summed E-state index contributed by atoms with van der Waals surface area (Å²) in [6, 6.07) is 0. The van der Waals surface area contributed by atoms with Gasteiger partial charge in [-0.15, -0.1) is 6.58 Å². The van der Waals surface area contributed by atoms with Gasteiger partial charge in [-0.3, -0.25) is 0 Å². The molecule has 0 aliphatic heterocycles. The van der Waals surface area contributed by atoms with Gasteiger partial charge in [-0.1, -0.05) is 200 Å². The van der Waals surface area contributed by atoms with E-state index in [0.717, 1.165) is 0 Å². The first kappa shape index (κ1) is 47.6. The van der Waals surface area contributed by atoms with E-state index in [2.05, 4.69) is 34.5 Å². The van der Waals surface area contributed by atoms with E-state index in [4.69, 9.17) is 0 Å². The van der Waals surface area contributed by atoms with Crippen LogP contribution in [0.25, 0.3) is 0 Å². The summed E-state index contributed by atoms with van der Waals surface area (Å²) in [7, 11) is 4.94. The van der Waals surface area contributed by atoms with Gasteiger partial charge < -0.3 is 21.5 Å². The topological polar surface area (TPSA) is 0 Å². The van der Waals surface area contributed by atoms with Gasteiger partial charge in [0.2, 0.25) is 0 Å². The van der Waals surface area contributed by atoms with Crippen LogP contribution in [0.2, 0.25) is 0 Å². The number of hydrogen-bond donors (Lipinski definition) is 0. The van der Waals surface area contributed by atoms with Gasteiger partial charge in [-0.25, -0.2) is 0 Å². The summed E-state index contributed by atoms with van der Waals surface area (Å²) < 4.78 is 1.25. The first-order chi connectivity index (χ1) is 20.5. The summed E-state index contributed by atoms with van der Waals surface area (Å²) in [5.74, 6) is 0. The van der Waals surface area contributed by atoms with Gasteiger partial charge in [0, 0.05) is 0 Å². The highest BCUT2D eigenvalue weighted by Crippen LogP contribution is 2.16. The standard InChI is InChI=1S/C38H80N.C3H6.BrH/c1-5-7-9-11-13-15-17-19-21-23-25-27-29-31-33-35-37-39(3,4)38-36-34-32-30-28-26-24-22-20-18-16-14-12-10-8-6-2;1-3-2;/h5-38H2,1-4H3;3H,1H2,2H3;1H/q+1;;/p-1. The van der Waals surface area contributed by atoms with Crippen LogP contribution in [-0.2, 0) is 0 Å². The maximum absolute atomic E-state index is 3.36. The van der Waals surface area contributed by atoms with Crippen molar-refractivity contribution < 1.29 is 21.5 Å². The lowest BCUT2D eigenvalue weighted by Gasteiger charge is -2.30. The van der Waals surface area contributed by atoms with Crippen molar-refractivity contribution >= 4 is 0 Å². The Kier molecular flexibility index (Phi) is 46.7. The maximum atomic E-state index is 3.36. The zero-order chi connectivity index (χ0) is 31.2. The fourth-order valence-corrected chi connectivity index (χ4v) is 6.29. The average Bonchev–Trinajstić information content (AvgIpc) is 2.97. The molecule has 0 N–H and O–H groups in total. The molecule has 43 heavy (non-hydrogen) atoms. The van der Waals surface area contributed by atoms with Crippen LogP contribution in [0.4, 0.5) is 0 Å². The second kappa shape index (κ2) is 42.2. The highest BCUT2D eigenvalue weighted by atomic mass is 79.9. The average molecular weight is 673 g/mol. The minimum atomic E-state index is 0. The molecule has 0 rings (SSSR count). The van der Waals surface area contributed by atoms with E-state index >= 15 is 0 Å². The Hall–Kier alpha value is 0.180. The Morgan fingerprint density at radius 1 is 0.349 bits per heavy atom. The molecule has 0 unspecified atom stereocenters. The van der Waals surface area contributed by atoms with Crippen LogP contribution in [0.5, 0.6) is 0 Å². The third-order valence-corrected chi connectivity index (χ3v) is 9.23. The van der Waals surface area contributed by atoms with E-state index in [0.29, 0.717) is 0 Å². The molecule has 262 valence electrons. The van der Waals surface area contributed by atoms with Gasteiger partial charge >= 0.3 is 0 Å². The predicted octanol–water partition coefficient (Wildman–Crippen LogP) is 11.8. The van der Waals surface area contributed by atoms with Gasteiger partial charge in [0.25, 0.3) is 0 Å². The molecule has 0 aromatic rings. The Bertz CT molecular complexity index is 436. The van der Waals surface area contributed by atoms with Crippen LogP contribution in [0, 0.1) is 0 Å². The van der Waals surface area contributed by atoms with Crippen LogP contribution >= 0.6 is 0 Å². The number of allylic oxidation sites excluding steroid dienone is 1. The van der Waals surface area contributed by atoms with E-state index in [1.807, 2.05) is 6.92 Å². The van der Waals surface area contributed by atoms with Gasteiger partial charge in [-0.2, -0.15) is 0 Å². The van der Waals surface area contributed by atoms with Crippen molar-refractivity contribution in [1.29, 1.82) is 0 Å². The second-order valence-corrected chi connectivity index (χ2v) is 14.4. The first-order valence-electron chi connectivity index (χ1n) is 19.9. The molecule has 2 heteroatoms. The van der Waals surface area contributed by atoms with Crippen molar-refractivity contribution in [2.75, 3.05) is 27.2 Å². The molecule has 0 aromatic carbocycles. The SMILES string of the molecule is C=CC.CCCCCCCCCCCCCCCCCC[N+](C)(C)CCCCCCCCCCCCCCCCCC.[Br-]. The number of nitrogens with zero attached hydrogens (tertiary/aromatic N) is 1. The molecule has 0 amide bonds. The van der Waals surface area contributed by atoms with Gasteiger partial charge in [0.15, 0.2) is 0 Å². The fourth-order valence-electron chi connectivity index (χ4n) is 6.29. The van der Waals surface area contributed by atoms with E-state index in [9.17, 15) is 0 Å². The molecule has 0 aromatic heterocycles. The summed E-state index contributed by atoms with van der Waals surface area (Å²) in [5, 5.41) is 0. The van der Waals surface area contributed by atoms with Crippen molar-refractivity contribution in [1.82, 2.24) is 0 Å². The van der Waals surface area contributed by atoms with Crippen molar-refractivity contribution in [3.05, 3.63) is 12.7 Å². The summed E-state index contributed by atoms with van der Waals surface area (Å²) in [5.41, 5.74) is 0. The molecule has 0 saturated carbocycles. The lowest BCUT2D eigenvalue weighted by atomic mass is 10.0. The summed E-state index contributed by atoms with van der Waals surface area (Å²) in [4.78, 5) is 0. The smallest absolute Gasteiger partial charge is 0.0782 e. The van der Waals surface area contributed by atoms with Gasteiger partial charge in [0.1, 0.15) is 0 Å². The zero-order valence-corrected chi connectivity index (χ0v) is 32.7. The van der Waals surface area contributed by atoms with E-state index in [1.165, 1.54) is 223 Å². The molecule has 0 aliphatic rings. The number of rotatable bonds is 34.